The maximum absolute atomic E-state index is 11.1. The van der Waals surface area contributed by atoms with Crippen molar-refractivity contribution in [2.45, 2.75) is 25.3 Å². The number of carbonyl (C=O) groups excluding carboxylic acids is 1. The summed E-state index contributed by atoms with van der Waals surface area (Å²) >= 11 is 0. The van der Waals surface area contributed by atoms with Gasteiger partial charge in [0.25, 0.3) is 0 Å². The van der Waals surface area contributed by atoms with Crippen LogP contribution < -0.4 is 4.90 Å². The largest absolute Gasteiger partial charge is 0.347 e. The highest BCUT2D eigenvalue weighted by molar-refractivity contribution is 5.80. The second-order valence-corrected chi connectivity index (χ2v) is 4.75. The molecule has 1 unspecified atom stereocenters. The van der Waals surface area contributed by atoms with Gasteiger partial charge in [0.15, 0.2) is 0 Å². The summed E-state index contributed by atoms with van der Waals surface area (Å²) in [6, 6.07) is 12.2. The molecule has 92 valence electrons. The van der Waals surface area contributed by atoms with Crippen molar-refractivity contribution in [3.63, 3.8) is 0 Å². The van der Waals surface area contributed by atoms with Crippen LogP contribution in [0.1, 0.15) is 19.3 Å². The molecule has 0 saturated carbocycles. The van der Waals surface area contributed by atoms with Gasteiger partial charge in [0.2, 0.25) is 0 Å². The fourth-order valence-electron chi connectivity index (χ4n) is 2.60. The highest BCUT2D eigenvalue weighted by atomic mass is 16.1. The van der Waals surface area contributed by atoms with Crippen molar-refractivity contribution in [3.05, 3.63) is 36.4 Å². The van der Waals surface area contributed by atoms with Crippen LogP contribution >= 0.6 is 0 Å². The van der Waals surface area contributed by atoms with Gasteiger partial charge in [0.1, 0.15) is 12.1 Å². The highest BCUT2D eigenvalue weighted by Gasteiger charge is 2.22. The molecule has 0 spiro atoms. The first kappa shape index (κ1) is 11.2. The summed E-state index contributed by atoms with van der Waals surface area (Å²) in [5.41, 5.74) is 0.991. The highest BCUT2D eigenvalue weighted by Crippen LogP contribution is 2.24. The van der Waals surface area contributed by atoms with E-state index in [1.807, 2.05) is 24.3 Å². The zero-order chi connectivity index (χ0) is 12.4. The Morgan fingerprint density at radius 2 is 2.06 bits per heavy atom. The van der Waals surface area contributed by atoms with E-state index in [9.17, 15) is 4.79 Å². The monoisotopic (exact) mass is 240 g/mol. The summed E-state index contributed by atoms with van der Waals surface area (Å²) in [5, 5.41) is 1.14. The third kappa shape index (κ3) is 1.96. The molecule has 0 aliphatic carbocycles. The first-order valence-corrected chi connectivity index (χ1v) is 6.46. The van der Waals surface area contributed by atoms with Gasteiger partial charge >= 0.3 is 0 Å². The minimum absolute atomic E-state index is 0.00703. The van der Waals surface area contributed by atoms with Gasteiger partial charge in [-0.1, -0.05) is 18.2 Å². The summed E-state index contributed by atoms with van der Waals surface area (Å²) in [6.07, 6.45) is 4.26. The van der Waals surface area contributed by atoms with Crippen LogP contribution in [0.2, 0.25) is 0 Å². The van der Waals surface area contributed by atoms with E-state index in [1.54, 1.807) is 0 Å². The van der Waals surface area contributed by atoms with Gasteiger partial charge in [0, 0.05) is 11.9 Å². The molecule has 0 radical (unpaired) electrons. The zero-order valence-corrected chi connectivity index (χ0v) is 10.2. The molecular formula is C15H16N2O. The average Bonchev–Trinajstić information content (AvgIpc) is 2.46. The van der Waals surface area contributed by atoms with Gasteiger partial charge in [-0.15, -0.1) is 0 Å². The van der Waals surface area contributed by atoms with Crippen LogP contribution in [0, 0.1) is 0 Å². The van der Waals surface area contributed by atoms with E-state index in [0.29, 0.717) is 0 Å². The Bertz CT molecular complexity index is 567. The number of aldehydes is 1. The number of benzene rings is 1. The summed E-state index contributed by atoms with van der Waals surface area (Å²) in [6.45, 7) is 0.925. The van der Waals surface area contributed by atoms with Crippen molar-refractivity contribution in [1.82, 2.24) is 4.98 Å². The molecule has 1 atom stereocenters. The number of pyridine rings is 1. The summed E-state index contributed by atoms with van der Waals surface area (Å²) < 4.78 is 0. The van der Waals surface area contributed by atoms with Crippen molar-refractivity contribution in [3.8, 4) is 0 Å². The van der Waals surface area contributed by atoms with Gasteiger partial charge in [0.05, 0.1) is 11.6 Å². The number of hydrogen-bond acceptors (Lipinski definition) is 3. The molecule has 2 heterocycles. The Morgan fingerprint density at radius 3 is 2.94 bits per heavy atom. The minimum Gasteiger partial charge on any atom is -0.347 e. The Balaban J connectivity index is 1.99. The average molecular weight is 240 g/mol. The van der Waals surface area contributed by atoms with E-state index >= 15 is 0 Å². The van der Waals surface area contributed by atoms with Crippen molar-refractivity contribution in [2.24, 2.45) is 0 Å². The fraction of sp³-hybridized carbons (Fsp3) is 0.333. The van der Waals surface area contributed by atoms with Gasteiger partial charge in [-0.25, -0.2) is 4.98 Å². The van der Waals surface area contributed by atoms with Crippen molar-refractivity contribution >= 4 is 23.0 Å². The van der Waals surface area contributed by atoms with Crippen LogP contribution in [0.3, 0.4) is 0 Å². The van der Waals surface area contributed by atoms with E-state index < -0.39 is 0 Å². The summed E-state index contributed by atoms with van der Waals surface area (Å²) in [7, 11) is 0. The van der Waals surface area contributed by atoms with E-state index in [2.05, 4.69) is 22.0 Å². The number of piperidine rings is 1. The molecule has 3 rings (SSSR count). The van der Waals surface area contributed by atoms with Crippen molar-refractivity contribution in [2.75, 3.05) is 11.4 Å². The van der Waals surface area contributed by atoms with Gasteiger partial charge in [-0.3, -0.25) is 0 Å². The Hall–Kier alpha value is -1.90. The molecule has 1 aromatic carbocycles. The topological polar surface area (TPSA) is 33.2 Å². The molecule has 18 heavy (non-hydrogen) atoms. The Labute approximate surface area is 106 Å². The molecule has 3 heteroatoms. The van der Waals surface area contributed by atoms with E-state index in [1.165, 1.54) is 0 Å². The number of fused-ring (bicyclic) bond motifs is 1. The molecule has 0 amide bonds. The number of para-hydroxylation sites is 1. The summed E-state index contributed by atoms with van der Waals surface area (Å²) in [5.74, 6) is 0.922. The molecule has 2 aromatic rings. The van der Waals surface area contributed by atoms with E-state index in [0.717, 1.165) is 48.8 Å². The number of carbonyl (C=O) groups is 1. The standard InChI is InChI=1S/C15H16N2O/c18-11-13-6-3-4-10-17(13)15-9-8-12-5-1-2-7-14(12)16-15/h1-2,5,7-9,11,13H,3-4,6,10H2. The van der Waals surface area contributed by atoms with Crippen LogP contribution in [0.25, 0.3) is 10.9 Å². The van der Waals surface area contributed by atoms with E-state index in [4.69, 9.17) is 0 Å². The fourth-order valence-corrected chi connectivity index (χ4v) is 2.60. The number of anilines is 1. The van der Waals surface area contributed by atoms with Crippen molar-refractivity contribution < 1.29 is 4.79 Å². The van der Waals surface area contributed by atoms with Crippen LogP contribution in [0.15, 0.2) is 36.4 Å². The lowest BCUT2D eigenvalue weighted by molar-refractivity contribution is -0.109. The first-order chi connectivity index (χ1) is 8.88. The van der Waals surface area contributed by atoms with Crippen LogP contribution in [0.5, 0.6) is 0 Å². The molecule has 1 fully saturated rings. The Kier molecular flexibility index (Phi) is 2.97. The predicted octanol–water partition coefficient (Wildman–Crippen LogP) is 2.79. The van der Waals surface area contributed by atoms with Crippen LogP contribution in [-0.4, -0.2) is 23.9 Å². The molecule has 1 aromatic heterocycles. The molecule has 0 bridgehead atoms. The van der Waals surface area contributed by atoms with Gasteiger partial charge < -0.3 is 9.69 Å². The third-order valence-electron chi connectivity index (χ3n) is 3.58. The predicted molar refractivity (Wildman–Crippen MR) is 72.8 cm³/mol. The van der Waals surface area contributed by atoms with Gasteiger partial charge in [-0.05, 0) is 37.5 Å². The maximum atomic E-state index is 11.1. The smallest absolute Gasteiger partial charge is 0.142 e. The lowest BCUT2D eigenvalue weighted by Gasteiger charge is -2.33. The second kappa shape index (κ2) is 4.77. The molecule has 1 aliphatic rings. The molecule has 0 N–H and O–H groups in total. The number of hydrogen-bond donors (Lipinski definition) is 0. The van der Waals surface area contributed by atoms with E-state index in [-0.39, 0.29) is 6.04 Å². The van der Waals surface area contributed by atoms with Crippen LogP contribution in [-0.2, 0) is 4.79 Å². The molecule has 1 aliphatic heterocycles. The Morgan fingerprint density at radius 1 is 1.17 bits per heavy atom. The molecule has 3 nitrogen and oxygen atoms in total. The molecule has 1 saturated heterocycles. The number of rotatable bonds is 2. The van der Waals surface area contributed by atoms with Crippen LogP contribution in [0.4, 0.5) is 5.82 Å². The van der Waals surface area contributed by atoms with Crippen molar-refractivity contribution in [1.29, 1.82) is 0 Å². The minimum atomic E-state index is -0.00703. The number of aromatic nitrogens is 1. The first-order valence-electron chi connectivity index (χ1n) is 6.46. The van der Waals surface area contributed by atoms with Gasteiger partial charge in [-0.2, -0.15) is 0 Å². The summed E-state index contributed by atoms with van der Waals surface area (Å²) in [4.78, 5) is 17.9. The second-order valence-electron chi connectivity index (χ2n) is 4.75. The maximum Gasteiger partial charge on any atom is 0.142 e. The normalized spacial score (nSPS) is 20.0. The zero-order valence-electron chi connectivity index (χ0n) is 10.2. The number of nitrogens with zero attached hydrogens (tertiary/aromatic N) is 2. The lowest BCUT2D eigenvalue weighted by Crippen LogP contribution is -2.41. The third-order valence-corrected chi connectivity index (χ3v) is 3.58. The molecular weight excluding hydrogens is 224 g/mol. The lowest BCUT2D eigenvalue weighted by atomic mass is 10.0. The SMILES string of the molecule is O=CC1CCCCN1c1ccc2ccccc2n1. The quantitative estimate of drug-likeness (QED) is 0.757.